The third-order valence-electron chi connectivity index (χ3n) is 2.27. The van der Waals surface area contributed by atoms with E-state index in [1.165, 1.54) is 6.07 Å². The number of hydrogen-bond acceptors (Lipinski definition) is 2. The number of nitrogens with one attached hydrogen (secondary N) is 1. The summed E-state index contributed by atoms with van der Waals surface area (Å²) < 4.78 is 63.8. The van der Waals surface area contributed by atoms with Gasteiger partial charge < -0.3 is 10.4 Å². The van der Waals surface area contributed by atoms with Crippen molar-refractivity contribution in [3.05, 3.63) is 33.8 Å². The van der Waals surface area contributed by atoms with Crippen LogP contribution in [0.2, 0.25) is 0 Å². The summed E-state index contributed by atoms with van der Waals surface area (Å²) in [5, 5.41) is 9.97. The highest BCUT2D eigenvalue weighted by Crippen LogP contribution is 2.33. The highest BCUT2D eigenvalue weighted by molar-refractivity contribution is 9.10. The SMILES string of the molecule is O=C(NCC(F)(F)CO)c1ccc(Br)cc1C(F)(F)F. The van der Waals surface area contributed by atoms with Gasteiger partial charge in [0.15, 0.2) is 0 Å². The van der Waals surface area contributed by atoms with Gasteiger partial charge in [0.2, 0.25) is 0 Å². The molecule has 9 heteroatoms. The molecule has 0 aliphatic rings. The molecule has 0 aliphatic carbocycles. The van der Waals surface area contributed by atoms with E-state index < -0.39 is 42.3 Å². The number of benzene rings is 1. The molecule has 1 rings (SSSR count). The lowest BCUT2D eigenvalue weighted by molar-refractivity contribution is -0.138. The highest BCUT2D eigenvalue weighted by atomic mass is 79.9. The Balaban J connectivity index is 2.99. The smallest absolute Gasteiger partial charge is 0.390 e. The molecule has 0 unspecified atom stereocenters. The fraction of sp³-hybridized carbons (Fsp3) is 0.364. The first kappa shape index (κ1) is 16.8. The maximum atomic E-state index is 12.7. The summed E-state index contributed by atoms with van der Waals surface area (Å²) in [6.45, 7) is -2.77. The second-order valence-electron chi connectivity index (χ2n) is 3.88. The van der Waals surface area contributed by atoms with Crippen LogP contribution in [0, 0.1) is 0 Å². The van der Waals surface area contributed by atoms with E-state index in [0.717, 1.165) is 6.07 Å². The van der Waals surface area contributed by atoms with Gasteiger partial charge >= 0.3 is 6.18 Å². The lowest BCUT2D eigenvalue weighted by Crippen LogP contribution is -2.39. The number of aliphatic hydroxyl groups excluding tert-OH is 1. The van der Waals surface area contributed by atoms with Crippen LogP contribution in [-0.2, 0) is 6.18 Å². The number of carbonyl (C=O) groups is 1. The van der Waals surface area contributed by atoms with Gasteiger partial charge in [-0.15, -0.1) is 0 Å². The van der Waals surface area contributed by atoms with Crippen molar-refractivity contribution in [1.82, 2.24) is 5.32 Å². The van der Waals surface area contributed by atoms with Gasteiger partial charge in [-0.25, -0.2) is 8.78 Å². The van der Waals surface area contributed by atoms with Crippen molar-refractivity contribution in [2.75, 3.05) is 13.2 Å². The van der Waals surface area contributed by atoms with Crippen LogP contribution in [0.3, 0.4) is 0 Å². The summed E-state index contributed by atoms with van der Waals surface area (Å²) in [6.07, 6.45) is -4.80. The van der Waals surface area contributed by atoms with Gasteiger partial charge in [-0.3, -0.25) is 4.79 Å². The Labute approximate surface area is 118 Å². The van der Waals surface area contributed by atoms with Crippen molar-refractivity contribution in [2.24, 2.45) is 0 Å². The van der Waals surface area contributed by atoms with Crippen molar-refractivity contribution in [3.63, 3.8) is 0 Å². The number of rotatable bonds is 4. The molecule has 3 nitrogen and oxygen atoms in total. The topological polar surface area (TPSA) is 49.3 Å². The van der Waals surface area contributed by atoms with Crippen molar-refractivity contribution >= 4 is 21.8 Å². The molecule has 0 saturated carbocycles. The zero-order valence-electron chi connectivity index (χ0n) is 9.77. The number of aliphatic hydroxyl groups is 1. The van der Waals surface area contributed by atoms with Gasteiger partial charge in [0.1, 0.15) is 6.61 Å². The molecule has 2 N–H and O–H groups in total. The van der Waals surface area contributed by atoms with E-state index in [2.05, 4.69) is 15.9 Å². The molecule has 0 radical (unpaired) electrons. The minimum atomic E-state index is -4.80. The minimum Gasteiger partial charge on any atom is -0.390 e. The summed E-state index contributed by atoms with van der Waals surface area (Å²) in [5.41, 5.74) is -2.01. The zero-order chi connectivity index (χ0) is 15.6. The molecule has 1 aromatic rings. The van der Waals surface area contributed by atoms with Gasteiger partial charge in [-0.1, -0.05) is 15.9 Å². The Morgan fingerprint density at radius 1 is 1.25 bits per heavy atom. The highest BCUT2D eigenvalue weighted by Gasteiger charge is 2.36. The molecule has 1 aromatic carbocycles. The minimum absolute atomic E-state index is 0.0991. The van der Waals surface area contributed by atoms with Gasteiger partial charge in [0.25, 0.3) is 11.8 Å². The molecule has 0 aliphatic heterocycles. The molecule has 0 spiro atoms. The van der Waals surface area contributed by atoms with E-state index >= 15 is 0 Å². The van der Waals surface area contributed by atoms with E-state index in [0.29, 0.717) is 6.07 Å². The van der Waals surface area contributed by atoms with Gasteiger partial charge in [-0.2, -0.15) is 13.2 Å². The Morgan fingerprint density at radius 2 is 1.85 bits per heavy atom. The zero-order valence-corrected chi connectivity index (χ0v) is 11.4. The molecule has 0 saturated heterocycles. The van der Waals surface area contributed by atoms with Crippen LogP contribution in [0.1, 0.15) is 15.9 Å². The van der Waals surface area contributed by atoms with E-state index in [4.69, 9.17) is 5.11 Å². The lowest BCUT2D eigenvalue weighted by atomic mass is 10.1. The van der Waals surface area contributed by atoms with Gasteiger partial charge in [-0.05, 0) is 18.2 Å². The Hall–Kier alpha value is -1.22. The van der Waals surface area contributed by atoms with Crippen LogP contribution < -0.4 is 5.32 Å². The average molecular weight is 362 g/mol. The van der Waals surface area contributed by atoms with Crippen LogP contribution in [-0.4, -0.2) is 30.1 Å². The fourth-order valence-corrected chi connectivity index (χ4v) is 1.67. The summed E-state index contributed by atoms with van der Waals surface area (Å²) in [4.78, 5) is 11.5. The number of carbonyl (C=O) groups excluding carboxylic acids is 1. The molecule has 1 amide bonds. The van der Waals surface area contributed by atoms with Crippen LogP contribution in [0.5, 0.6) is 0 Å². The number of amides is 1. The number of hydrogen-bond donors (Lipinski definition) is 2. The lowest BCUT2D eigenvalue weighted by Gasteiger charge is -2.16. The third-order valence-corrected chi connectivity index (χ3v) is 2.76. The van der Waals surface area contributed by atoms with Gasteiger partial charge in [0, 0.05) is 4.47 Å². The third kappa shape index (κ3) is 4.41. The average Bonchev–Trinajstić information content (AvgIpc) is 2.35. The van der Waals surface area contributed by atoms with Gasteiger partial charge in [0.05, 0.1) is 17.7 Å². The number of halogens is 6. The first-order valence-electron chi connectivity index (χ1n) is 5.20. The van der Waals surface area contributed by atoms with Crippen molar-refractivity contribution in [3.8, 4) is 0 Å². The van der Waals surface area contributed by atoms with Crippen molar-refractivity contribution < 1.29 is 31.9 Å². The molecule has 112 valence electrons. The van der Waals surface area contributed by atoms with Crippen LogP contribution >= 0.6 is 15.9 Å². The van der Waals surface area contributed by atoms with Crippen LogP contribution in [0.15, 0.2) is 22.7 Å². The van der Waals surface area contributed by atoms with Crippen LogP contribution in [0.4, 0.5) is 22.0 Å². The van der Waals surface area contributed by atoms with E-state index in [-0.39, 0.29) is 4.47 Å². The van der Waals surface area contributed by atoms with E-state index in [9.17, 15) is 26.7 Å². The quantitative estimate of drug-likeness (QED) is 0.810. The summed E-state index contributed by atoms with van der Waals surface area (Å²) in [6, 6.07) is 2.74. The second-order valence-corrected chi connectivity index (χ2v) is 4.80. The van der Waals surface area contributed by atoms with Crippen molar-refractivity contribution in [2.45, 2.75) is 12.1 Å². The Morgan fingerprint density at radius 3 is 2.35 bits per heavy atom. The first-order chi connectivity index (χ1) is 9.07. The van der Waals surface area contributed by atoms with E-state index in [1.807, 2.05) is 0 Å². The normalized spacial score (nSPS) is 12.3. The molecule has 0 fully saturated rings. The molecule has 0 heterocycles. The molecular weight excluding hydrogens is 353 g/mol. The molecular formula is C11H9BrF5NO2. The summed E-state index contributed by atoms with van der Waals surface area (Å²) in [7, 11) is 0. The Bertz CT molecular complexity index is 504. The van der Waals surface area contributed by atoms with Crippen LogP contribution in [0.25, 0.3) is 0 Å². The summed E-state index contributed by atoms with van der Waals surface area (Å²) in [5.74, 6) is -4.89. The fourth-order valence-electron chi connectivity index (χ4n) is 1.31. The van der Waals surface area contributed by atoms with Crippen molar-refractivity contribution in [1.29, 1.82) is 0 Å². The second kappa shape index (κ2) is 6.04. The predicted molar refractivity (Wildman–Crippen MR) is 63.5 cm³/mol. The Kier molecular flexibility index (Phi) is 5.09. The monoisotopic (exact) mass is 361 g/mol. The molecule has 0 atom stereocenters. The number of alkyl halides is 5. The van der Waals surface area contributed by atoms with E-state index in [1.54, 1.807) is 5.32 Å². The predicted octanol–water partition coefficient (Wildman–Crippen LogP) is 2.83. The molecule has 0 bridgehead atoms. The standard InChI is InChI=1S/C11H9BrF5NO2/c12-6-1-2-7(8(3-6)11(15,16)17)9(20)18-4-10(13,14)5-19/h1-3,19H,4-5H2,(H,18,20). The maximum absolute atomic E-state index is 12.7. The molecule has 0 aromatic heterocycles. The maximum Gasteiger partial charge on any atom is 0.417 e. The first-order valence-corrected chi connectivity index (χ1v) is 6.00. The summed E-state index contributed by atoms with van der Waals surface area (Å²) >= 11 is 2.84. The largest absolute Gasteiger partial charge is 0.417 e. The molecule has 20 heavy (non-hydrogen) atoms.